The molecule has 8 heteroatoms. The first-order valence-corrected chi connectivity index (χ1v) is 3.75. The monoisotopic (exact) mass is 211 g/mol. The average Bonchev–Trinajstić information content (AvgIpc) is 2.59. The van der Waals surface area contributed by atoms with Gasteiger partial charge in [0, 0.05) is 6.07 Å². The highest BCUT2D eigenvalue weighted by molar-refractivity contribution is 5.88. The number of nitrogens with zero attached hydrogens (tertiary/aromatic N) is 2. The number of benzene rings is 1. The second kappa shape index (κ2) is 3.01. The lowest BCUT2D eigenvalue weighted by molar-refractivity contribution is 0.143. The fourth-order valence-corrected chi connectivity index (χ4v) is 1.12. The summed E-state index contributed by atoms with van der Waals surface area (Å²) in [7, 11) is 0. The Bertz CT molecular complexity index is 535. The average molecular weight is 211 g/mol. The van der Waals surface area contributed by atoms with Crippen LogP contribution in [0.2, 0.25) is 0 Å². The van der Waals surface area contributed by atoms with E-state index in [0.29, 0.717) is 0 Å². The molecule has 0 spiro atoms. The number of phenolic OH excluding ortho intramolecular Hbond substituents is 2. The van der Waals surface area contributed by atoms with Crippen LogP contribution in [0.25, 0.3) is 11.0 Å². The Labute approximate surface area is 81.7 Å². The van der Waals surface area contributed by atoms with Gasteiger partial charge in [0.25, 0.3) is 0 Å². The van der Waals surface area contributed by atoms with E-state index in [-0.39, 0.29) is 11.0 Å². The van der Waals surface area contributed by atoms with Gasteiger partial charge in [-0.2, -0.15) is 15.4 Å². The summed E-state index contributed by atoms with van der Waals surface area (Å²) < 4.78 is 4.28. The van der Waals surface area contributed by atoms with Gasteiger partial charge in [-0.3, -0.25) is 0 Å². The van der Waals surface area contributed by atoms with E-state index in [0.717, 1.165) is 6.07 Å². The number of rotatable bonds is 1. The lowest BCUT2D eigenvalue weighted by Gasteiger charge is -2.04. The Kier molecular flexibility index (Phi) is 1.82. The first kappa shape index (κ1) is 9.06. The predicted octanol–water partition coefficient (Wildman–Crippen LogP) is 0.426. The fraction of sp³-hybridized carbons (Fsp3) is 0. The van der Waals surface area contributed by atoms with Gasteiger partial charge in [-0.25, -0.2) is 4.79 Å². The molecule has 0 saturated carbocycles. The Balaban J connectivity index is 2.71. The van der Waals surface area contributed by atoms with E-state index >= 15 is 0 Å². The molecule has 1 heterocycles. The standard InChI is InChI=1S/C7H5N3O5/c11-3-1-2-4(9-10-8-2)6(5(3)12)15-7(13)14/h1,11-12H,(H,13,14)(H,8,9,10). The van der Waals surface area contributed by atoms with Gasteiger partial charge in [0.1, 0.15) is 5.52 Å². The highest BCUT2D eigenvalue weighted by Gasteiger charge is 2.19. The molecule has 1 aromatic heterocycles. The van der Waals surface area contributed by atoms with Crippen LogP contribution in [0.5, 0.6) is 17.2 Å². The number of nitrogens with one attached hydrogen (secondary N) is 1. The smallest absolute Gasteiger partial charge is 0.504 e. The van der Waals surface area contributed by atoms with E-state index in [1.165, 1.54) is 0 Å². The van der Waals surface area contributed by atoms with Crippen LogP contribution in [0.4, 0.5) is 4.79 Å². The quantitative estimate of drug-likeness (QED) is 0.305. The number of H-pyrrole nitrogens is 1. The third kappa shape index (κ3) is 1.37. The molecule has 0 amide bonds. The summed E-state index contributed by atoms with van der Waals surface area (Å²) in [6.07, 6.45) is -1.62. The molecular formula is C7H5N3O5. The van der Waals surface area contributed by atoms with Crippen molar-refractivity contribution in [2.45, 2.75) is 0 Å². The number of hydrogen-bond donors (Lipinski definition) is 4. The SMILES string of the molecule is O=C(O)Oc1c(O)c(O)cc2n[nH]nc12. The molecule has 4 N–H and O–H groups in total. The van der Waals surface area contributed by atoms with Gasteiger partial charge < -0.3 is 20.1 Å². The molecule has 0 bridgehead atoms. The molecule has 0 atom stereocenters. The van der Waals surface area contributed by atoms with Gasteiger partial charge in [0.2, 0.25) is 11.5 Å². The molecule has 0 aliphatic rings. The number of hydrogen-bond acceptors (Lipinski definition) is 6. The number of ether oxygens (including phenoxy) is 1. The number of aromatic nitrogens is 3. The Hall–Kier alpha value is -2.51. The number of phenols is 2. The van der Waals surface area contributed by atoms with Gasteiger partial charge in [0.15, 0.2) is 11.3 Å². The molecular weight excluding hydrogens is 206 g/mol. The van der Waals surface area contributed by atoms with Crippen LogP contribution in [0.1, 0.15) is 0 Å². The number of fused-ring (bicyclic) bond motifs is 1. The molecule has 0 radical (unpaired) electrons. The number of carbonyl (C=O) groups is 1. The van der Waals surface area contributed by atoms with Gasteiger partial charge in [-0.15, -0.1) is 0 Å². The van der Waals surface area contributed by atoms with E-state index in [2.05, 4.69) is 20.1 Å². The second-order valence-corrected chi connectivity index (χ2v) is 2.63. The summed E-state index contributed by atoms with van der Waals surface area (Å²) in [6.45, 7) is 0. The molecule has 15 heavy (non-hydrogen) atoms. The zero-order chi connectivity index (χ0) is 11.0. The fourth-order valence-electron chi connectivity index (χ4n) is 1.12. The van der Waals surface area contributed by atoms with E-state index in [9.17, 15) is 15.0 Å². The topological polar surface area (TPSA) is 129 Å². The van der Waals surface area contributed by atoms with Crippen LogP contribution in [0.3, 0.4) is 0 Å². The van der Waals surface area contributed by atoms with E-state index in [1.54, 1.807) is 0 Å². The maximum absolute atomic E-state index is 10.3. The molecule has 1 aromatic carbocycles. The van der Waals surface area contributed by atoms with E-state index in [1.807, 2.05) is 0 Å². The zero-order valence-electron chi connectivity index (χ0n) is 7.13. The number of aromatic amines is 1. The first-order chi connectivity index (χ1) is 7.09. The van der Waals surface area contributed by atoms with Crippen molar-refractivity contribution < 1.29 is 24.9 Å². The Morgan fingerprint density at radius 1 is 1.40 bits per heavy atom. The highest BCUT2D eigenvalue weighted by atomic mass is 16.7. The molecule has 0 aliphatic carbocycles. The molecule has 2 aromatic rings. The van der Waals surface area contributed by atoms with Crippen LogP contribution in [-0.4, -0.2) is 36.9 Å². The molecule has 0 fully saturated rings. The van der Waals surface area contributed by atoms with Crippen LogP contribution in [0, 0.1) is 0 Å². The van der Waals surface area contributed by atoms with Gasteiger partial charge in [-0.05, 0) is 0 Å². The zero-order valence-corrected chi connectivity index (χ0v) is 7.13. The van der Waals surface area contributed by atoms with Crippen LogP contribution in [0.15, 0.2) is 6.07 Å². The van der Waals surface area contributed by atoms with E-state index < -0.39 is 23.4 Å². The van der Waals surface area contributed by atoms with Gasteiger partial charge in [0.05, 0.1) is 0 Å². The summed E-state index contributed by atoms with van der Waals surface area (Å²) in [5.74, 6) is -1.68. The van der Waals surface area contributed by atoms with Gasteiger partial charge >= 0.3 is 6.16 Å². The summed E-state index contributed by atoms with van der Waals surface area (Å²) in [5.41, 5.74) is 0.203. The van der Waals surface area contributed by atoms with Crippen molar-refractivity contribution in [2.24, 2.45) is 0 Å². The minimum atomic E-state index is -1.62. The molecule has 0 saturated heterocycles. The van der Waals surface area contributed by atoms with Crippen LogP contribution in [-0.2, 0) is 0 Å². The van der Waals surface area contributed by atoms with Crippen molar-refractivity contribution in [1.82, 2.24) is 15.4 Å². The van der Waals surface area contributed by atoms with E-state index in [4.69, 9.17) is 5.11 Å². The van der Waals surface area contributed by atoms with Crippen LogP contribution < -0.4 is 4.74 Å². The summed E-state index contributed by atoms with van der Waals surface area (Å²) in [5, 5.41) is 36.4. The number of aromatic hydroxyl groups is 2. The molecule has 0 aliphatic heterocycles. The molecule has 0 unspecified atom stereocenters. The van der Waals surface area contributed by atoms with Gasteiger partial charge in [-0.1, -0.05) is 0 Å². The maximum Gasteiger partial charge on any atom is 0.511 e. The molecule has 78 valence electrons. The van der Waals surface area contributed by atoms with Crippen molar-refractivity contribution in [3.8, 4) is 17.2 Å². The lowest BCUT2D eigenvalue weighted by Crippen LogP contribution is -2.03. The summed E-state index contributed by atoms with van der Waals surface area (Å²) in [4.78, 5) is 10.3. The first-order valence-electron chi connectivity index (χ1n) is 3.75. The van der Waals surface area contributed by atoms with Crippen molar-refractivity contribution in [2.75, 3.05) is 0 Å². The summed E-state index contributed by atoms with van der Waals surface area (Å²) >= 11 is 0. The normalized spacial score (nSPS) is 10.4. The van der Waals surface area contributed by atoms with Crippen molar-refractivity contribution in [1.29, 1.82) is 0 Å². The Morgan fingerprint density at radius 3 is 2.80 bits per heavy atom. The van der Waals surface area contributed by atoms with Crippen molar-refractivity contribution in [3.05, 3.63) is 6.07 Å². The molecule has 8 nitrogen and oxygen atoms in total. The third-order valence-electron chi connectivity index (χ3n) is 1.71. The van der Waals surface area contributed by atoms with Crippen LogP contribution >= 0.6 is 0 Å². The number of carboxylic acid groups (broad SMARTS) is 1. The van der Waals surface area contributed by atoms with Crippen molar-refractivity contribution >= 4 is 17.2 Å². The Morgan fingerprint density at radius 2 is 2.13 bits per heavy atom. The minimum Gasteiger partial charge on any atom is -0.504 e. The summed E-state index contributed by atoms with van der Waals surface area (Å²) in [6, 6.07) is 1.13. The van der Waals surface area contributed by atoms with Crippen molar-refractivity contribution in [3.63, 3.8) is 0 Å². The molecule has 2 rings (SSSR count). The predicted molar refractivity (Wildman–Crippen MR) is 45.9 cm³/mol. The highest BCUT2D eigenvalue weighted by Crippen LogP contribution is 2.40. The largest absolute Gasteiger partial charge is 0.511 e. The maximum atomic E-state index is 10.3. The third-order valence-corrected chi connectivity index (χ3v) is 1.71. The second-order valence-electron chi connectivity index (χ2n) is 2.63. The minimum absolute atomic E-state index is 0.0210. The lowest BCUT2D eigenvalue weighted by atomic mass is 10.2.